The molecule has 0 bridgehead atoms. The molecular weight excluding hydrogens is 307 g/mol. The van der Waals surface area contributed by atoms with E-state index in [0.717, 1.165) is 11.5 Å². The second kappa shape index (κ2) is 6.06. The summed E-state index contributed by atoms with van der Waals surface area (Å²) in [5, 5.41) is 3.10. The highest BCUT2D eigenvalue weighted by Gasteiger charge is 2.33. The molecule has 0 unspecified atom stereocenters. The first-order chi connectivity index (χ1) is 9.81. The van der Waals surface area contributed by atoms with Crippen LogP contribution in [0.3, 0.4) is 0 Å². The lowest BCUT2D eigenvalue weighted by Gasteiger charge is -2.35. The summed E-state index contributed by atoms with van der Waals surface area (Å²) in [6.45, 7) is 0.465. The molecule has 118 valence electrons. The second-order valence-electron chi connectivity index (χ2n) is 4.71. The zero-order chi connectivity index (χ0) is 15.6. The molecule has 1 fully saturated rings. The summed E-state index contributed by atoms with van der Waals surface area (Å²) in [7, 11) is 1.49. The number of anilines is 2. The molecule has 2 rings (SSSR count). The Balaban J connectivity index is 2.05. The number of nitrogen functional groups attached to an aromatic ring is 1. The highest BCUT2D eigenvalue weighted by molar-refractivity contribution is 7.11. The van der Waals surface area contributed by atoms with Gasteiger partial charge in [0, 0.05) is 33.2 Å². The van der Waals surface area contributed by atoms with E-state index in [1.807, 2.05) is 4.90 Å². The highest BCUT2D eigenvalue weighted by atomic mass is 32.1. The number of halogens is 3. The first-order valence-electron chi connectivity index (χ1n) is 6.33. The molecule has 1 amide bonds. The molecule has 0 aromatic carbocycles. The number of carbonyl (C=O) groups excluding carboxylic acids is 1. The van der Waals surface area contributed by atoms with Gasteiger partial charge in [-0.1, -0.05) is 0 Å². The quantitative estimate of drug-likeness (QED) is 0.859. The van der Waals surface area contributed by atoms with Crippen molar-refractivity contribution in [3.63, 3.8) is 0 Å². The number of rotatable bonds is 3. The molecule has 0 atom stereocenters. The van der Waals surface area contributed by atoms with Gasteiger partial charge in [0.05, 0.1) is 6.54 Å². The van der Waals surface area contributed by atoms with Crippen LogP contribution in [-0.2, 0) is 0 Å². The topological polar surface area (TPSA) is 74.5 Å². The molecule has 1 saturated heterocycles. The smallest absolute Gasteiger partial charge is 0.382 e. The summed E-state index contributed by atoms with van der Waals surface area (Å²) in [4.78, 5) is 15.0. The van der Waals surface area contributed by atoms with E-state index in [9.17, 15) is 18.0 Å². The van der Waals surface area contributed by atoms with E-state index in [0.29, 0.717) is 23.7 Å². The number of piperazine rings is 1. The lowest BCUT2D eigenvalue weighted by atomic mass is 10.2. The standard InChI is InChI=1S/C11H16F3N5OS/c1-16-9(20)7-8(15)17-21-10(7)19-4-2-18(3-5-19)6-11(12,13)14/h2-6H2,1H3,(H2,15,17)(H,16,20). The minimum atomic E-state index is -4.19. The fourth-order valence-electron chi connectivity index (χ4n) is 2.21. The lowest BCUT2D eigenvalue weighted by molar-refractivity contribution is -0.146. The van der Waals surface area contributed by atoms with E-state index in [-0.39, 0.29) is 24.8 Å². The molecule has 0 spiro atoms. The molecule has 10 heteroatoms. The fraction of sp³-hybridized carbons (Fsp3) is 0.636. The van der Waals surface area contributed by atoms with Crippen LogP contribution in [0.5, 0.6) is 0 Å². The van der Waals surface area contributed by atoms with Crippen molar-refractivity contribution in [2.24, 2.45) is 0 Å². The SMILES string of the molecule is CNC(=O)c1c(N)nsc1N1CCN(CC(F)(F)F)CC1. The highest BCUT2D eigenvalue weighted by Crippen LogP contribution is 2.31. The maximum Gasteiger partial charge on any atom is 0.401 e. The zero-order valence-electron chi connectivity index (χ0n) is 11.4. The molecular formula is C11H16F3N5OS. The number of amides is 1. The number of nitrogens with one attached hydrogen (secondary N) is 1. The van der Waals surface area contributed by atoms with Crippen LogP contribution in [0.15, 0.2) is 0 Å². The van der Waals surface area contributed by atoms with E-state index in [4.69, 9.17) is 5.73 Å². The van der Waals surface area contributed by atoms with Gasteiger partial charge in [-0.05, 0) is 11.5 Å². The molecule has 0 radical (unpaired) electrons. The third-order valence-electron chi connectivity index (χ3n) is 3.22. The maximum absolute atomic E-state index is 12.3. The van der Waals surface area contributed by atoms with Crippen molar-refractivity contribution >= 4 is 28.3 Å². The van der Waals surface area contributed by atoms with Gasteiger partial charge >= 0.3 is 6.18 Å². The number of aromatic nitrogens is 1. The van der Waals surface area contributed by atoms with Crippen LogP contribution in [0.4, 0.5) is 24.0 Å². The van der Waals surface area contributed by atoms with Gasteiger partial charge in [-0.3, -0.25) is 9.69 Å². The number of hydrogen-bond donors (Lipinski definition) is 2. The van der Waals surface area contributed by atoms with E-state index < -0.39 is 12.7 Å². The van der Waals surface area contributed by atoms with Crippen molar-refractivity contribution in [3.05, 3.63) is 5.56 Å². The number of alkyl halides is 3. The van der Waals surface area contributed by atoms with Crippen molar-refractivity contribution < 1.29 is 18.0 Å². The molecule has 1 aromatic rings. The van der Waals surface area contributed by atoms with Gasteiger partial charge in [-0.2, -0.15) is 17.5 Å². The Morgan fingerprint density at radius 3 is 2.52 bits per heavy atom. The number of carbonyl (C=O) groups is 1. The Bertz CT molecular complexity index is 510. The Kier molecular flexibility index (Phi) is 4.57. The molecule has 1 aliphatic rings. The lowest BCUT2D eigenvalue weighted by Crippen LogP contribution is -2.49. The second-order valence-corrected chi connectivity index (χ2v) is 5.46. The van der Waals surface area contributed by atoms with Crippen LogP contribution >= 0.6 is 11.5 Å². The fourth-order valence-corrected chi connectivity index (χ4v) is 3.07. The van der Waals surface area contributed by atoms with Gasteiger partial charge in [-0.15, -0.1) is 0 Å². The van der Waals surface area contributed by atoms with Crippen molar-refractivity contribution in [3.8, 4) is 0 Å². The summed E-state index contributed by atoms with van der Waals surface area (Å²) in [5.41, 5.74) is 5.99. The van der Waals surface area contributed by atoms with Gasteiger partial charge < -0.3 is 16.0 Å². The van der Waals surface area contributed by atoms with Gasteiger partial charge in [0.25, 0.3) is 5.91 Å². The maximum atomic E-state index is 12.3. The first kappa shape index (κ1) is 15.8. The average molecular weight is 323 g/mol. The Labute approximate surface area is 123 Å². The Hall–Kier alpha value is -1.55. The Morgan fingerprint density at radius 1 is 1.38 bits per heavy atom. The minimum Gasteiger partial charge on any atom is -0.382 e. The largest absolute Gasteiger partial charge is 0.401 e. The number of nitrogens with two attached hydrogens (primary N) is 1. The molecule has 1 aliphatic heterocycles. The van der Waals surface area contributed by atoms with Gasteiger partial charge in [0.15, 0.2) is 5.82 Å². The summed E-state index contributed by atoms with van der Waals surface area (Å²) in [6, 6.07) is 0. The predicted octanol–water partition coefficient (Wildman–Crippen LogP) is 0.769. The third-order valence-corrected chi connectivity index (χ3v) is 4.14. The van der Waals surface area contributed by atoms with Crippen LogP contribution in [-0.4, -0.2) is 61.1 Å². The summed E-state index contributed by atoms with van der Waals surface area (Å²) in [5.74, 6) is -0.193. The van der Waals surface area contributed by atoms with Gasteiger partial charge in [0.1, 0.15) is 10.6 Å². The number of nitrogens with zero attached hydrogens (tertiary/aromatic N) is 3. The number of hydrogen-bond acceptors (Lipinski definition) is 6. The monoisotopic (exact) mass is 323 g/mol. The van der Waals surface area contributed by atoms with Crippen LogP contribution in [0, 0.1) is 0 Å². The van der Waals surface area contributed by atoms with E-state index in [2.05, 4.69) is 9.69 Å². The summed E-state index contributed by atoms with van der Waals surface area (Å²) in [6.07, 6.45) is -4.19. The van der Waals surface area contributed by atoms with Crippen molar-refractivity contribution in [1.29, 1.82) is 0 Å². The molecule has 3 N–H and O–H groups in total. The van der Waals surface area contributed by atoms with Crippen LogP contribution in [0.1, 0.15) is 10.4 Å². The molecule has 0 aliphatic carbocycles. The Morgan fingerprint density at radius 2 is 2.00 bits per heavy atom. The summed E-state index contributed by atoms with van der Waals surface area (Å²) < 4.78 is 41.0. The van der Waals surface area contributed by atoms with Gasteiger partial charge in [0.2, 0.25) is 0 Å². The van der Waals surface area contributed by atoms with Gasteiger partial charge in [-0.25, -0.2) is 0 Å². The molecule has 1 aromatic heterocycles. The molecule has 21 heavy (non-hydrogen) atoms. The van der Waals surface area contributed by atoms with Crippen molar-refractivity contribution in [2.45, 2.75) is 6.18 Å². The van der Waals surface area contributed by atoms with Crippen LogP contribution < -0.4 is 16.0 Å². The first-order valence-corrected chi connectivity index (χ1v) is 7.10. The predicted molar refractivity (Wildman–Crippen MR) is 74.6 cm³/mol. The molecule has 6 nitrogen and oxygen atoms in total. The molecule has 0 saturated carbocycles. The molecule has 2 heterocycles. The van der Waals surface area contributed by atoms with E-state index in [1.54, 1.807) is 0 Å². The zero-order valence-corrected chi connectivity index (χ0v) is 12.2. The van der Waals surface area contributed by atoms with Crippen molar-refractivity contribution in [1.82, 2.24) is 14.6 Å². The van der Waals surface area contributed by atoms with E-state index >= 15 is 0 Å². The summed E-state index contributed by atoms with van der Waals surface area (Å²) >= 11 is 1.09. The minimum absolute atomic E-state index is 0.145. The van der Waals surface area contributed by atoms with Crippen LogP contribution in [0.25, 0.3) is 0 Å². The normalized spacial score (nSPS) is 17.0. The average Bonchev–Trinajstić information content (AvgIpc) is 2.79. The van der Waals surface area contributed by atoms with E-state index in [1.165, 1.54) is 11.9 Å². The third kappa shape index (κ3) is 3.76. The van der Waals surface area contributed by atoms with Crippen LogP contribution in [0.2, 0.25) is 0 Å². The van der Waals surface area contributed by atoms with Crippen molar-refractivity contribution in [2.75, 3.05) is 50.4 Å².